The molecule has 0 N–H and O–H groups in total. The van der Waals surface area contributed by atoms with Crippen LogP contribution in [0.3, 0.4) is 0 Å². The van der Waals surface area contributed by atoms with Crippen molar-refractivity contribution in [3.63, 3.8) is 0 Å². The van der Waals surface area contributed by atoms with Crippen molar-refractivity contribution in [3.05, 3.63) is 52.9 Å². The van der Waals surface area contributed by atoms with Crippen LogP contribution in [0.2, 0.25) is 5.02 Å². The first-order valence-electron chi connectivity index (χ1n) is 8.05. The second kappa shape index (κ2) is 7.61. The van der Waals surface area contributed by atoms with E-state index in [4.69, 9.17) is 20.8 Å². The maximum absolute atomic E-state index is 12.9. The van der Waals surface area contributed by atoms with E-state index in [0.717, 1.165) is 0 Å². The summed E-state index contributed by atoms with van der Waals surface area (Å²) < 4.78 is 10.4. The van der Waals surface area contributed by atoms with Gasteiger partial charge in [-0.15, -0.1) is 0 Å². The van der Waals surface area contributed by atoms with Gasteiger partial charge >= 0.3 is 0 Å². The summed E-state index contributed by atoms with van der Waals surface area (Å²) in [5, 5.41) is 0.480. The molecule has 7 heteroatoms. The van der Waals surface area contributed by atoms with Crippen molar-refractivity contribution in [1.82, 2.24) is 9.80 Å². The number of hydrogen-bond acceptors (Lipinski definition) is 4. The molecule has 2 amide bonds. The van der Waals surface area contributed by atoms with Crippen LogP contribution in [-0.4, -0.2) is 54.9 Å². The molecule has 2 heterocycles. The van der Waals surface area contributed by atoms with Crippen LogP contribution in [0.5, 0.6) is 5.75 Å². The van der Waals surface area contributed by atoms with E-state index in [1.165, 1.54) is 13.4 Å². The molecule has 1 fully saturated rings. The molecule has 0 saturated carbocycles. The van der Waals surface area contributed by atoms with Gasteiger partial charge in [0.05, 0.1) is 18.9 Å². The Morgan fingerprint density at radius 1 is 1.08 bits per heavy atom. The zero-order chi connectivity index (χ0) is 17.8. The van der Waals surface area contributed by atoms with Gasteiger partial charge < -0.3 is 19.0 Å². The summed E-state index contributed by atoms with van der Waals surface area (Å²) in [6, 6.07) is 8.31. The van der Waals surface area contributed by atoms with Gasteiger partial charge in [0, 0.05) is 31.2 Å². The lowest BCUT2D eigenvalue weighted by atomic mass is 10.1. The zero-order valence-corrected chi connectivity index (χ0v) is 14.7. The van der Waals surface area contributed by atoms with E-state index in [2.05, 4.69) is 0 Å². The molecule has 0 aliphatic carbocycles. The highest BCUT2D eigenvalue weighted by molar-refractivity contribution is 6.31. The molecule has 1 aliphatic heterocycles. The van der Waals surface area contributed by atoms with Crippen LogP contribution in [0.15, 0.2) is 41.0 Å². The number of furan rings is 1. The third-order valence-electron chi connectivity index (χ3n) is 4.19. The number of hydrogen-bond donors (Lipinski definition) is 0. The fourth-order valence-corrected chi connectivity index (χ4v) is 3.07. The molecule has 1 aromatic carbocycles. The fraction of sp³-hybridized carbons (Fsp3) is 0.333. The number of methoxy groups -OCH3 is 1. The summed E-state index contributed by atoms with van der Waals surface area (Å²) in [7, 11) is 1.52. The normalized spacial score (nSPS) is 15.0. The summed E-state index contributed by atoms with van der Waals surface area (Å²) in [5.74, 6) is 0.504. The molecule has 1 saturated heterocycles. The smallest absolute Gasteiger partial charge is 0.289 e. The number of rotatable bonds is 3. The molecule has 0 unspecified atom stereocenters. The summed E-state index contributed by atoms with van der Waals surface area (Å²) >= 11 is 6.02. The molecule has 3 rings (SSSR count). The third kappa shape index (κ3) is 3.79. The molecular weight excluding hydrogens is 344 g/mol. The number of amides is 2. The van der Waals surface area contributed by atoms with Crippen molar-refractivity contribution >= 4 is 23.4 Å². The van der Waals surface area contributed by atoms with Crippen molar-refractivity contribution in [3.8, 4) is 5.75 Å². The van der Waals surface area contributed by atoms with Gasteiger partial charge in [0.15, 0.2) is 5.76 Å². The van der Waals surface area contributed by atoms with E-state index in [1.54, 1.807) is 40.1 Å². The lowest BCUT2D eigenvalue weighted by Crippen LogP contribution is -2.37. The molecule has 25 heavy (non-hydrogen) atoms. The van der Waals surface area contributed by atoms with Gasteiger partial charge in [-0.05, 0) is 36.8 Å². The topological polar surface area (TPSA) is 63.0 Å². The molecule has 6 nitrogen and oxygen atoms in total. The van der Waals surface area contributed by atoms with Crippen LogP contribution in [-0.2, 0) is 0 Å². The van der Waals surface area contributed by atoms with Crippen LogP contribution < -0.4 is 4.74 Å². The van der Waals surface area contributed by atoms with Crippen molar-refractivity contribution < 1.29 is 18.7 Å². The first kappa shape index (κ1) is 17.4. The minimum absolute atomic E-state index is 0.147. The number of halogens is 1. The highest BCUT2D eigenvalue weighted by Crippen LogP contribution is 2.24. The average molecular weight is 363 g/mol. The van der Waals surface area contributed by atoms with Gasteiger partial charge in [0.2, 0.25) is 0 Å². The van der Waals surface area contributed by atoms with Gasteiger partial charge in [0.1, 0.15) is 5.75 Å². The van der Waals surface area contributed by atoms with Crippen LogP contribution in [0.25, 0.3) is 0 Å². The standard InChI is InChI=1S/C18H19ClN2O4/c1-24-15-6-5-13(19)12-14(15)17(22)20-7-3-8-21(10-9-20)18(23)16-4-2-11-25-16/h2,4-6,11-12H,3,7-10H2,1H3. The Bertz CT molecular complexity index is 760. The Morgan fingerprint density at radius 2 is 1.80 bits per heavy atom. The number of nitrogens with zero attached hydrogens (tertiary/aromatic N) is 2. The van der Waals surface area contributed by atoms with E-state index in [9.17, 15) is 9.59 Å². The van der Waals surface area contributed by atoms with Crippen molar-refractivity contribution in [2.75, 3.05) is 33.3 Å². The predicted molar refractivity (Wildman–Crippen MR) is 93.1 cm³/mol. The van der Waals surface area contributed by atoms with E-state index in [-0.39, 0.29) is 11.8 Å². The third-order valence-corrected chi connectivity index (χ3v) is 4.43. The molecule has 0 spiro atoms. The first-order valence-corrected chi connectivity index (χ1v) is 8.43. The monoisotopic (exact) mass is 362 g/mol. The van der Waals surface area contributed by atoms with Crippen LogP contribution >= 0.6 is 11.6 Å². The number of ether oxygens (including phenoxy) is 1. The summed E-state index contributed by atoms with van der Waals surface area (Å²) in [6.45, 7) is 2.04. The van der Waals surface area contributed by atoms with Gasteiger partial charge in [0.25, 0.3) is 11.8 Å². The number of benzene rings is 1. The average Bonchev–Trinajstić information content (AvgIpc) is 3.05. The second-order valence-corrected chi connectivity index (χ2v) is 6.20. The molecule has 2 aromatic rings. The van der Waals surface area contributed by atoms with Crippen molar-refractivity contribution in [1.29, 1.82) is 0 Å². The Kier molecular flexibility index (Phi) is 5.28. The van der Waals surface area contributed by atoms with E-state index in [1.807, 2.05) is 0 Å². The molecule has 0 radical (unpaired) electrons. The van der Waals surface area contributed by atoms with Crippen molar-refractivity contribution in [2.24, 2.45) is 0 Å². The van der Waals surface area contributed by atoms with Crippen LogP contribution in [0.1, 0.15) is 27.3 Å². The summed E-state index contributed by atoms with van der Waals surface area (Å²) in [6.07, 6.45) is 2.17. The second-order valence-electron chi connectivity index (χ2n) is 5.76. The maximum Gasteiger partial charge on any atom is 0.289 e. The fourth-order valence-electron chi connectivity index (χ4n) is 2.90. The minimum Gasteiger partial charge on any atom is -0.496 e. The molecule has 1 aliphatic rings. The Hall–Kier alpha value is -2.47. The molecule has 132 valence electrons. The summed E-state index contributed by atoms with van der Waals surface area (Å²) in [4.78, 5) is 28.7. The number of carbonyl (C=O) groups is 2. The van der Waals surface area contributed by atoms with Crippen LogP contribution in [0, 0.1) is 0 Å². The van der Waals surface area contributed by atoms with Gasteiger partial charge in [-0.2, -0.15) is 0 Å². The zero-order valence-electron chi connectivity index (χ0n) is 13.9. The lowest BCUT2D eigenvalue weighted by molar-refractivity contribution is 0.0699. The Balaban J connectivity index is 1.72. The summed E-state index contributed by atoms with van der Waals surface area (Å²) in [5.41, 5.74) is 0.431. The van der Waals surface area contributed by atoms with E-state index < -0.39 is 0 Å². The van der Waals surface area contributed by atoms with Crippen LogP contribution in [0.4, 0.5) is 0 Å². The van der Waals surface area contributed by atoms with E-state index >= 15 is 0 Å². The SMILES string of the molecule is COc1ccc(Cl)cc1C(=O)N1CCCN(C(=O)c2ccco2)CC1. The maximum atomic E-state index is 12.9. The molecular formula is C18H19ClN2O4. The largest absolute Gasteiger partial charge is 0.496 e. The van der Waals surface area contributed by atoms with Gasteiger partial charge in [-0.3, -0.25) is 9.59 Å². The highest BCUT2D eigenvalue weighted by Gasteiger charge is 2.26. The Labute approximate surface area is 150 Å². The lowest BCUT2D eigenvalue weighted by Gasteiger charge is -2.22. The van der Waals surface area contributed by atoms with Gasteiger partial charge in [-0.25, -0.2) is 0 Å². The van der Waals surface area contributed by atoms with Crippen molar-refractivity contribution in [2.45, 2.75) is 6.42 Å². The molecule has 1 aromatic heterocycles. The first-order chi connectivity index (χ1) is 12.1. The van der Waals surface area contributed by atoms with Gasteiger partial charge in [-0.1, -0.05) is 11.6 Å². The predicted octanol–water partition coefficient (Wildman–Crippen LogP) is 2.93. The van der Waals surface area contributed by atoms with E-state index in [0.29, 0.717) is 54.7 Å². The molecule has 0 atom stereocenters. The quantitative estimate of drug-likeness (QED) is 0.842. The molecule has 0 bridgehead atoms. The minimum atomic E-state index is -0.153. The highest BCUT2D eigenvalue weighted by atomic mass is 35.5. The number of carbonyl (C=O) groups excluding carboxylic acids is 2. The Morgan fingerprint density at radius 3 is 2.44 bits per heavy atom.